The smallest absolute Gasteiger partial charge is 0.238 e. The Hall–Kier alpha value is -6.02. The normalized spacial score (nSPS) is 22.9. The van der Waals surface area contributed by atoms with Gasteiger partial charge in [0.2, 0.25) is 11.8 Å². The fourth-order valence-corrected chi connectivity index (χ4v) is 8.39. The molecule has 51 heavy (non-hydrogen) atoms. The number of hydrogen-bond donors (Lipinski definition) is 1. The van der Waals surface area contributed by atoms with Crippen LogP contribution in [0.3, 0.4) is 0 Å². The summed E-state index contributed by atoms with van der Waals surface area (Å²) in [6, 6.07) is 23.9. The molecule has 8 rings (SSSR count). The van der Waals surface area contributed by atoms with Crippen molar-refractivity contribution in [2.24, 2.45) is 17.8 Å². The molecule has 8 heteroatoms. The number of phenolic OH excluding ortho intramolecular Hbond substituents is 1. The topological polar surface area (TPSA) is 110 Å². The van der Waals surface area contributed by atoms with Crippen molar-refractivity contribution in [1.29, 1.82) is 0 Å². The highest BCUT2D eigenvalue weighted by atomic mass is 16.5. The molecule has 0 aromatic heterocycles. The lowest BCUT2D eigenvalue weighted by atomic mass is 9.59. The lowest BCUT2D eigenvalue weighted by Gasteiger charge is -2.42. The maximum atomic E-state index is 14.4. The van der Waals surface area contributed by atoms with Crippen molar-refractivity contribution in [2.75, 3.05) is 19.1 Å². The van der Waals surface area contributed by atoms with Crippen LogP contribution in [0.15, 0.2) is 113 Å². The Balaban J connectivity index is 1.14. The molecule has 4 aliphatic rings. The van der Waals surface area contributed by atoms with Crippen molar-refractivity contribution in [3.8, 4) is 17.2 Å². The number of Topliss-reactive ketones (excluding diaryl/α,β-unsaturated/α-hetero) is 1. The van der Waals surface area contributed by atoms with Crippen LogP contribution < -0.4 is 14.4 Å². The van der Waals surface area contributed by atoms with Crippen molar-refractivity contribution in [3.63, 3.8) is 0 Å². The number of methoxy groups -OCH3 is 2. The van der Waals surface area contributed by atoms with E-state index in [0.29, 0.717) is 51.3 Å². The van der Waals surface area contributed by atoms with Crippen LogP contribution in [0.25, 0.3) is 22.9 Å². The van der Waals surface area contributed by atoms with Gasteiger partial charge in [0.05, 0.1) is 31.7 Å². The first-order valence-electron chi connectivity index (χ1n) is 17.0. The van der Waals surface area contributed by atoms with Crippen molar-refractivity contribution < 1.29 is 33.8 Å². The van der Waals surface area contributed by atoms with Crippen LogP contribution in [0.1, 0.15) is 42.4 Å². The maximum absolute atomic E-state index is 14.4. The molecule has 4 unspecified atom stereocenters. The number of ketones is 2. The first-order valence-corrected chi connectivity index (χ1v) is 17.0. The first kappa shape index (κ1) is 32.2. The summed E-state index contributed by atoms with van der Waals surface area (Å²) < 4.78 is 10.8. The number of carbonyl (C=O) groups is 4. The van der Waals surface area contributed by atoms with Gasteiger partial charge < -0.3 is 14.6 Å². The zero-order valence-corrected chi connectivity index (χ0v) is 28.4. The summed E-state index contributed by atoms with van der Waals surface area (Å²) in [5.41, 5.74) is 4.53. The van der Waals surface area contributed by atoms with Gasteiger partial charge in [0, 0.05) is 39.2 Å². The van der Waals surface area contributed by atoms with E-state index in [4.69, 9.17) is 9.47 Å². The molecule has 1 heterocycles. The Morgan fingerprint density at radius 1 is 0.843 bits per heavy atom. The fraction of sp³-hybridized carbons (Fsp3) is 0.209. The zero-order chi connectivity index (χ0) is 35.6. The number of benzene rings is 4. The predicted molar refractivity (Wildman–Crippen MR) is 194 cm³/mol. The molecule has 0 saturated carbocycles. The minimum absolute atomic E-state index is 0.0367. The summed E-state index contributed by atoms with van der Waals surface area (Å²) in [5.74, 6) is -2.22. The minimum atomic E-state index is -0.726. The highest BCUT2D eigenvalue weighted by molar-refractivity contribution is 6.25. The number of phenols is 1. The van der Waals surface area contributed by atoms with E-state index in [1.165, 1.54) is 11.0 Å². The molecule has 8 nitrogen and oxygen atoms in total. The minimum Gasteiger partial charge on any atom is -0.507 e. The Labute approximate surface area is 295 Å². The second kappa shape index (κ2) is 12.4. The monoisotopic (exact) mass is 677 g/mol. The van der Waals surface area contributed by atoms with Crippen molar-refractivity contribution >= 4 is 52.0 Å². The Morgan fingerprint density at radius 3 is 2.39 bits per heavy atom. The second-order valence-electron chi connectivity index (χ2n) is 13.5. The average Bonchev–Trinajstić information content (AvgIpc) is 3.41. The fourth-order valence-electron chi connectivity index (χ4n) is 8.39. The van der Waals surface area contributed by atoms with Gasteiger partial charge in [0.1, 0.15) is 17.2 Å². The molecule has 4 aromatic carbocycles. The third-order valence-electron chi connectivity index (χ3n) is 10.8. The lowest BCUT2D eigenvalue weighted by molar-refractivity contribution is -0.123. The third kappa shape index (κ3) is 5.12. The average molecular weight is 678 g/mol. The van der Waals surface area contributed by atoms with E-state index in [2.05, 4.69) is 0 Å². The lowest BCUT2D eigenvalue weighted by Crippen LogP contribution is -2.39. The number of allylic oxidation sites excluding steroid dienone is 6. The second-order valence-corrected chi connectivity index (χ2v) is 13.5. The van der Waals surface area contributed by atoms with E-state index in [0.717, 1.165) is 22.1 Å². The van der Waals surface area contributed by atoms with Gasteiger partial charge in [-0.15, -0.1) is 0 Å². The molecule has 3 aliphatic carbocycles. The molecule has 1 saturated heterocycles. The molecule has 254 valence electrons. The van der Waals surface area contributed by atoms with Crippen molar-refractivity contribution in [3.05, 3.63) is 130 Å². The van der Waals surface area contributed by atoms with Crippen LogP contribution in [0.5, 0.6) is 17.2 Å². The quantitative estimate of drug-likeness (QED) is 0.0983. The van der Waals surface area contributed by atoms with Gasteiger partial charge in [-0.05, 0) is 73.0 Å². The molecular formula is C43H35NO7. The van der Waals surface area contributed by atoms with Crippen LogP contribution in [0.2, 0.25) is 0 Å². The van der Waals surface area contributed by atoms with Gasteiger partial charge in [0.25, 0.3) is 0 Å². The number of hydrogen-bond acceptors (Lipinski definition) is 7. The molecule has 0 spiro atoms. The van der Waals surface area contributed by atoms with Crippen LogP contribution in [-0.4, -0.2) is 42.7 Å². The summed E-state index contributed by atoms with van der Waals surface area (Å²) in [5, 5.41) is 13.1. The van der Waals surface area contributed by atoms with E-state index in [-0.39, 0.29) is 35.6 Å². The third-order valence-corrected chi connectivity index (χ3v) is 10.8. The molecule has 0 radical (unpaired) electrons. The Morgan fingerprint density at radius 2 is 1.63 bits per heavy atom. The van der Waals surface area contributed by atoms with Gasteiger partial charge in [-0.2, -0.15) is 0 Å². The van der Waals surface area contributed by atoms with Crippen molar-refractivity contribution in [1.82, 2.24) is 0 Å². The summed E-state index contributed by atoms with van der Waals surface area (Å²) in [6.07, 6.45) is 7.65. The van der Waals surface area contributed by atoms with Crippen LogP contribution in [0, 0.1) is 17.8 Å². The SMILES string of the molecule is COc1ccc(OC)c(C=Cc2ccc(N3C(=O)C4CC=C5C(c6ccc7ccccc7c6O)C6=C(CC5C4C3=O)C(=O)C(C)=CC6=O)cc2)c1. The molecular weight excluding hydrogens is 642 g/mol. The summed E-state index contributed by atoms with van der Waals surface area (Å²) in [6.45, 7) is 1.62. The van der Waals surface area contributed by atoms with Gasteiger partial charge in [0.15, 0.2) is 11.6 Å². The number of aromatic hydroxyl groups is 1. The predicted octanol–water partition coefficient (Wildman–Crippen LogP) is 7.37. The largest absolute Gasteiger partial charge is 0.507 e. The number of nitrogens with zero attached hydrogens (tertiary/aromatic N) is 1. The molecule has 1 N–H and O–H groups in total. The van der Waals surface area contributed by atoms with Crippen LogP contribution in [-0.2, 0) is 19.2 Å². The van der Waals surface area contributed by atoms with E-state index in [1.807, 2.05) is 78.9 Å². The maximum Gasteiger partial charge on any atom is 0.238 e. The van der Waals surface area contributed by atoms with E-state index in [9.17, 15) is 24.3 Å². The number of anilines is 1. The number of imide groups is 1. The Bertz CT molecular complexity index is 2310. The van der Waals surface area contributed by atoms with Gasteiger partial charge in [-0.25, -0.2) is 0 Å². The van der Waals surface area contributed by atoms with E-state index < -0.39 is 23.7 Å². The van der Waals surface area contributed by atoms with Crippen LogP contribution in [0.4, 0.5) is 5.69 Å². The number of rotatable bonds is 6. The summed E-state index contributed by atoms with van der Waals surface area (Å²) in [4.78, 5) is 57.0. The molecule has 4 aromatic rings. The van der Waals surface area contributed by atoms with Gasteiger partial charge in [-0.1, -0.05) is 72.3 Å². The standard InChI is InChI=1S/C43H35NO7/c1-23-20-35(45)39-34(40(23)46)22-33-30(37(39)31-16-12-25-6-4-5-7-29(25)41(31)47)17-18-32-38(33)43(49)44(42(32)48)27-13-9-24(10-14-27)8-11-26-21-28(50-2)15-19-36(26)51-3/h4-17,19-21,32-33,37-38,47H,18,22H2,1-3H3. The highest BCUT2D eigenvalue weighted by Gasteiger charge is 2.56. The molecule has 0 bridgehead atoms. The molecule has 2 amide bonds. The Kier molecular flexibility index (Phi) is 7.82. The summed E-state index contributed by atoms with van der Waals surface area (Å²) >= 11 is 0. The number of amides is 2. The van der Waals surface area contributed by atoms with Gasteiger partial charge >= 0.3 is 0 Å². The molecule has 1 aliphatic heterocycles. The van der Waals surface area contributed by atoms with Gasteiger partial charge in [-0.3, -0.25) is 24.1 Å². The highest BCUT2D eigenvalue weighted by Crippen LogP contribution is 2.56. The van der Waals surface area contributed by atoms with E-state index in [1.54, 1.807) is 39.3 Å². The number of ether oxygens (including phenoxy) is 2. The van der Waals surface area contributed by atoms with E-state index >= 15 is 0 Å². The zero-order valence-electron chi connectivity index (χ0n) is 28.4. The summed E-state index contributed by atoms with van der Waals surface area (Å²) in [7, 11) is 3.21. The number of carbonyl (C=O) groups excluding carboxylic acids is 4. The van der Waals surface area contributed by atoms with Crippen molar-refractivity contribution in [2.45, 2.75) is 25.7 Å². The van der Waals surface area contributed by atoms with Crippen LogP contribution >= 0.6 is 0 Å². The number of fused-ring (bicyclic) bond motifs is 4. The molecule has 1 fully saturated rings. The first-order chi connectivity index (χ1) is 24.7. The molecule has 4 atom stereocenters.